The van der Waals surface area contributed by atoms with Crippen LogP contribution in [0.5, 0.6) is 0 Å². The van der Waals surface area contributed by atoms with E-state index in [1.807, 2.05) is 31.2 Å². The van der Waals surface area contributed by atoms with Gasteiger partial charge in [0, 0.05) is 11.7 Å². The summed E-state index contributed by atoms with van der Waals surface area (Å²) >= 11 is 0. The van der Waals surface area contributed by atoms with Crippen molar-refractivity contribution in [1.29, 1.82) is 0 Å². The molecule has 1 fully saturated rings. The molecule has 1 unspecified atom stereocenters. The maximum atomic E-state index is 12.1. The zero-order valence-electron chi connectivity index (χ0n) is 13.3. The molecule has 1 aliphatic rings. The van der Waals surface area contributed by atoms with E-state index in [0.29, 0.717) is 6.42 Å². The monoisotopic (exact) mass is 345 g/mol. The van der Waals surface area contributed by atoms with Crippen LogP contribution >= 0.6 is 0 Å². The van der Waals surface area contributed by atoms with Gasteiger partial charge in [-0.1, -0.05) is 12.1 Å². The molecule has 1 aromatic heterocycles. The highest BCUT2D eigenvalue weighted by molar-refractivity contribution is 7.91. The van der Waals surface area contributed by atoms with E-state index in [-0.39, 0.29) is 29.1 Å². The Bertz CT molecular complexity index is 848. The Kier molecular flexibility index (Phi) is 4.53. The van der Waals surface area contributed by atoms with E-state index in [4.69, 9.17) is 0 Å². The third-order valence-corrected chi connectivity index (χ3v) is 5.64. The van der Waals surface area contributed by atoms with E-state index in [9.17, 15) is 13.2 Å². The number of hydrogen-bond acceptors (Lipinski definition) is 5. The summed E-state index contributed by atoms with van der Waals surface area (Å²) < 4.78 is 22.9. The SMILES string of the molecule is Cc1cccc(Nc2ccc(C(=O)NC3CCS(=O)(=O)C3)nc2)c1. The third kappa shape index (κ3) is 4.11. The first-order chi connectivity index (χ1) is 11.4. The lowest BCUT2D eigenvalue weighted by atomic mass is 10.2. The molecule has 2 aromatic rings. The van der Waals surface area contributed by atoms with Crippen molar-refractivity contribution < 1.29 is 13.2 Å². The fraction of sp³-hybridized carbons (Fsp3) is 0.294. The lowest BCUT2D eigenvalue weighted by molar-refractivity contribution is 0.0936. The standard InChI is InChI=1S/C17H19N3O3S/c1-12-3-2-4-13(9-12)19-14-5-6-16(18-10-14)17(21)20-15-7-8-24(22,23)11-15/h2-6,9-10,15,19H,7-8,11H2,1H3,(H,20,21). The Balaban J connectivity index is 1.62. The van der Waals surface area contributed by atoms with E-state index in [1.165, 1.54) is 0 Å². The van der Waals surface area contributed by atoms with E-state index in [0.717, 1.165) is 16.9 Å². The Hall–Kier alpha value is -2.41. The second-order valence-electron chi connectivity index (χ2n) is 6.00. The first-order valence-electron chi connectivity index (χ1n) is 7.72. The fourth-order valence-electron chi connectivity index (χ4n) is 2.66. The van der Waals surface area contributed by atoms with Crippen molar-refractivity contribution in [1.82, 2.24) is 10.3 Å². The van der Waals surface area contributed by atoms with Crippen LogP contribution in [0.2, 0.25) is 0 Å². The second kappa shape index (κ2) is 6.60. The first-order valence-corrected chi connectivity index (χ1v) is 9.54. The molecule has 6 nitrogen and oxygen atoms in total. The van der Waals surface area contributed by atoms with Crippen molar-refractivity contribution in [2.45, 2.75) is 19.4 Å². The number of nitrogens with zero attached hydrogens (tertiary/aromatic N) is 1. The maximum Gasteiger partial charge on any atom is 0.270 e. The highest BCUT2D eigenvalue weighted by Gasteiger charge is 2.29. The number of rotatable bonds is 4. The predicted octanol–water partition coefficient (Wildman–Crippen LogP) is 2.05. The van der Waals surface area contributed by atoms with Gasteiger partial charge in [0.15, 0.2) is 9.84 Å². The van der Waals surface area contributed by atoms with Gasteiger partial charge in [-0.2, -0.15) is 0 Å². The fourth-order valence-corrected chi connectivity index (χ4v) is 4.33. The number of aromatic nitrogens is 1. The van der Waals surface area contributed by atoms with Gasteiger partial charge in [-0.25, -0.2) is 13.4 Å². The second-order valence-corrected chi connectivity index (χ2v) is 8.23. The van der Waals surface area contributed by atoms with E-state index in [2.05, 4.69) is 15.6 Å². The Morgan fingerprint density at radius 1 is 1.21 bits per heavy atom. The van der Waals surface area contributed by atoms with Gasteiger partial charge in [-0.05, 0) is 43.2 Å². The summed E-state index contributed by atoms with van der Waals surface area (Å²) in [5.41, 5.74) is 3.15. The summed E-state index contributed by atoms with van der Waals surface area (Å²) in [4.78, 5) is 16.3. The molecule has 24 heavy (non-hydrogen) atoms. The van der Waals surface area contributed by atoms with Crippen LogP contribution in [0.15, 0.2) is 42.6 Å². The van der Waals surface area contributed by atoms with Crippen molar-refractivity contribution in [3.63, 3.8) is 0 Å². The van der Waals surface area contributed by atoms with E-state index in [1.54, 1.807) is 18.3 Å². The summed E-state index contributed by atoms with van der Waals surface area (Å²) in [7, 11) is -3.01. The molecule has 0 spiro atoms. The van der Waals surface area contributed by atoms with Gasteiger partial charge >= 0.3 is 0 Å². The first kappa shape index (κ1) is 16.4. The molecule has 1 atom stereocenters. The molecule has 1 saturated heterocycles. The van der Waals surface area contributed by atoms with Gasteiger partial charge in [-0.3, -0.25) is 4.79 Å². The number of nitrogens with one attached hydrogen (secondary N) is 2. The molecule has 1 aliphatic heterocycles. The molecule has 0 aliphatic carbocycles. The predicted molar refractivity (Wildman–Crippen MR) is 93.2 cm³/mol. The summed E-state index contributed by atoms with van der Waals surface area (Å²) in [6.07, 6.45) is 2.05. The van der Waals surface area contributed by atoms with Gasteiger partial charge in [0.2, 0.25) is 0 Å². The third-order valence-electron chi connectivity index (χ3n) is 3.87. The minimum absolute atomic E-state index is 0.00569. The number of carbonyl (C=O) groups is 1. The van der Waals surface area contributed by atoms with Crippen molar-refractivity contribution in [2.75, 3.05) is 16.8 Å². The van der Waals surface area contributed by atoms with Crippen molar-refractivity contribution in [2.24, 2.45) is 0 Å². The average Bonchev–Trinajstić information content (AvgIpc) is 2.87. The Morgan fingerprint density at radius 2 is 2.04 bits per heavy atom. The summed E-state index contributed by atoms with van der Waals surface area (Å²) in [6, 6.07) is 11.0. The van der Waals surface area contributed by atoms with Crippen LogP contribution in [0, 0.1) is 6.92 Å². The molecule has 1 amide bonds. The van der Waals surface area contributed by atoms with Gasteiger partial charge in [0.05, 0.1) is 23.4 Å². The summed E-state index contributed by atoms with van der Waals surface area (Å²) in [6.45, 7) is 2.01. The lowest BCUT2D eigenvalue weighted by Gasteiger charge is -2.11. The van der Waals surface area contributed by atoms with Gasteiger partial charge in [-0.15, -0.1) is 0 Å². The molecule has 2 N–H and O–H groups in total. The van der Waals surface area contributed by atoms with E-state index >= 15 is 0 Å². The number of amides is 1. The molecule has 2 heterocycles. The molecular formula is C17H19N3O3S. The number of aryl methyl sites for hydroxylation is 1. The largest absolute Gasteiger partial charge is 0.354 e. The number of anilines is 2. The minimum Gasteiger partial charge on any atom is -0.354 e. The summed E-state index contributed by atoms with van der Waals surface area (Å²) in [5, 5.41) is 5.95. The molecule has 1 aromatic carbocycles. The molecule has 0 radical (unpaired) electrons. The molecule has 3 rings (SSSR count). The highest BCUT2D eigenvalue weighted by Crippen LogP contribution is 2.17. The van der Waals surface area contributed by atoms with Crippen LogP contribution in [-0.4, -0.2) is 36.9 Å². The molecule has 126 valence electrons. The van der Waals surface area contributed by atoms with Crippen LogP contribution < -0.4 is 10.6 Å². The van der Waals surface area contributed by atoms with Crippen LogP contribution in [-0.2, 0) is 9.84 Å². The Labute approximate surface area is 141 Å². The quantitative estimate of drug-likeness (QED) is 0.885. The topological polar surface area (TPSA) is 88.2 Å². The highest BCUT2D eigenvalue weighted by atomic mass is 32.2. The van der Waals surface area contributed by atoms with Gasteiger partial charge < -0.3 is 10.6 Å². The molecule has 0 bridgehead atoms. The van der Waals surface area contributed by atoms with Crippen LogP contribution in [0.4, 0.5) is 11.4 Å². The average molecular weight is 345 g/mol. The maximum absolute atomic E-state index is 12.1. The number of pyridine rings is 1. The number of carbonyl (C=O) groups excluding carboxylic acids is 1. The van der Waals surface area contributed by atoms with Crippen LogP contribution in [0.1, 0.15) is 22.5 Å². The zero-order chi connectivity index (χ0) is 17.2. The Morgan fingerprint density at radius 3 is 2.67 bits per heavy atom. The van der Waals surface area contributed by atoms with Gasteiger partial charge in [0.25, 0.3) is 5.91 Å². The summed E-state index contributed by atoms with van der Waals surface area (Å²) in [5.74, 6) is -0.213. The normalized spacial score (nSPS) is 19.0. The van der Waals surface area contributed by atoms with Crippen molar-refractivity contribution >= 4 is 27.1 Å². The van der Waals surface area contributed by atoms with Crippen LogP contribution in [0.25, 0.3) is 0 Å². The molecular weight excluding hydrogens is 326 g/mol. The lowest BCUT2D eigenvalue weighted by Crippen LogP contribution is -2.36. The number of sulfone groups is 1. The minimum atomic E-state index is -3.01. The smallest absolute Gasteiger partial charge is 0.270 e. The number of hydrogen-bond donors (Lipinski definition) is 2. The molecule has 7 heteroatoms. The zero-order valence-corrected chi connectivity index (χ0v) is 14.1. The molecule has 0 saturated carbocycles. The van der Waals surface area contributed by atoms with Crippen molar-refractivity contribution in [3.8, 4) is 0 Å². The van der Waals surface area contributed by atoms with Crippen LogP contribution in [0.3, 0.4) is 0 Å². The van der Waals surface area contributed by atoms with Crippen molar-refractivity contribution in [3.05, 3.63) is 53.9 Å². The number of benzene rings is 1. The van der Waals surface area contributed by atoms with Gasteiger partial charge in [0.1, 0.15) is 5.69 Å². The van der Waals surface area contributed by atoms with E-state index < -0.39 is 9.84 Å².